The van der Waals surface area contributed by atoms with E-state index in [-0.39, 0.29) is 36.0 Å². The Morgan fingerprint density at radius 2 is 0.557 bits per heavy atom. The van der Waals surface area contributed by atoms with E-state index in [0.717, 1.165) is 109 Å². The number of sulfonamides is 4. The summed E-state index contributed by atoms with van der Waals surface area (Å²) in [5.41, 5.74) is -0.374. The largest absolute Gasteiger partial charge is 0.352 e. The second-order valence-electron chi connectivity index (χ2n) is 27.7. The highest BCUT2D eigenvalue weighted by Crippen LogP contribution is 2.34. The van der Waals surface area contributed by atoms with Crippen LogP contribution in [0.25, 0.3) is 22.8 Å². The molecule has 115 heavy (non-hydrogen) atoms. The molecule has 4 aromatic heterocycles. The third-order valence-electron chi connectivity index (χ3n) is 19.3. The van der Waals surface area contributed by atoms with Gasteiger partial charge in [0.1, 0.15) is 0 Å². The number of carbonyl (C=O) groups is 2. The first-order valence-corrected chi connectivity index (χ1v) is 44.2. The fourth-order valence-electron chi connectivity index (χ4n) is 12.9. The fraction of sp³-hybridized carbons (Fsp3) is 0.418. The van der Waals surface area contributed by atoms with Crippen LogP contribution in [0.1, 0.15) is 171 Å². The molecule has 4 aromatic carbocycles. The van der Waals surface area contributed by atoms with E-state index < -0.39 is 161 Å². The van der Waals surface area contributed by atoms with Gasteiger partial charge < -0.3 is 10.6 Å². The second-order valence-corrected chi connectivity index (χ2v) is 35.3. The summed E-state index contributed by atoms with van der Waals surface area (Å²) in [6, 6.07) is 30.0. The van der Waals surface area contributed by atoms with E-state index in [2.05, 4.69) is 44.4 Å². The van der Waals surface area contributed by atoms with Crippen LogP contribution in [0.4, 0.5) is 22.7 Å². The van der Waals surface area contributed by atoms with Gasteiger partial charge in [0.15, 0.2) is 19.6 Å². The van der Waals surface area contributed by atoms with Gasteiger partial charge in [0.05, 0.1) is 42.5 Å². The van der Waals surface area contributed by atoms with Gasteiger partial charge in [-0.15, -0.1) is 0 Å². The summed E-state index contributed by atoms with van der Waals surface area (Å²) in [5, 5.41) is 56.0. The van der Waals surface area contributed by atoms with Gasteiger partial charge in [-0.2, -0.15) is 17.2 Å². The molecule has 2 amide bonds. The Morgan fingerprint density at radius 1 is 0.313 bits per heavy atom. The van der Waals surface area contributed by atoms with Crippen LogP contribution in [0.2, 0.25) is 0 Å². The minimum absolute atomic E-state index is 0.0880. The number of hydrogen-bond acceptors (Lipinski definition) is 22. The molecule has 0 spiro atoms. The highest BCUT2D eigenvalue weighted by atomic mass is 32.2. The van der Waals surface area contributed by atoms with Gasteiger partial charge in [-0.3, -0.25) is 70.0 Å². The van der Waals surface area contributed by atoms with Gasteiger partial charge in [-0.25, -0.2) is 33.7 Å². The zero-order chi connectivity index (χ0) is 83.0. The highest BCUT2D eigenvalue weighted by Gasteiger charge is 2.39. The van der Waals surface area contributed by atoms with Crippen molar-refractivity contribution in [2.45, 2.75) is 194 Å². The summed E-state index contributed by atoms with van der Waals surface area (Å²) < 4.78 is 124. The molecule has 0 radical (unpaired) electrons. The lowest BCUT2D eigenvalue weighted by molar-refractivity contribution is -0.388. The van der Waals surface area contributed by atoms with Crippen molar-refractivity contribution in [1.29, 1.82) is 0 Å². The molecule has 0 aliphatic carbocycles. The third-order valence-corrected chi connectivity index (χ3v) is 26.9. The number of nitro groups is 4. The number of rotatable bonds is 52. The average molecular weight is 1660 g/mol. The van der Waals surface area contributed by atoms with Crippen molar-refractivity contribution < 1.29 is 63.0 Å². The average Bonchev–Trinajstić information content (AvgIpc) is 0.812. The summed E-state index contributed by atoms with van der Waals surface area (Å²) in [6.07, 6.45) is 26.0. The lowest BCUT2D eigenvalue weighted by atomic mass is 10.1. The van der Waals surface area contributed by atoms with E-state index in [1.165, 1.54) is 149 Å². The monoisotopic (exact) mass is 1660 g/mol. The van der Waals surface area contributed by atoms with Gasteiger partial charge in [-0.1, -0.05) is 189 Å². The third kappa shape index (κ3) is 26.3. The quantitative estimate of drug-likeness (QED) is 0.0203. The first kappa shape index (κ1) is 90.2. The maximum atomic E-state index is 15.2. The molecule has 0 atom stereocenters. The van der Waals surface area contributed by atoms with Crippen LogP contribution in [0.15, 0.2) is 190 Å². The van der Waals surface area contributed by atoms with Crippen LogP contribution >= 0.6 is 0 Å². The molecule has 0 fully saturated rings. The van der Waals surface area contributed by atoms with Gasteiger partial charge in [0.25, 0.3) is 22.7 Å². The molecule has 616 valence electrons. The van der Waals surface area contributed by atoms with Gasteiger partial charge >= 0.3 is 0 Å². The Labute approximate surface area is 671 Å². The molecule has 0 saturated heterocycles. The first-order chi connectivity index (χ1) is 55.2. The van der Waals surface area contributed by atoms with E-state index >= 15 is 33.7 Å². The summed E-state index contributed by atoms with van der Waals surface area (Å²) in [7, 11) is -20.5. The maximum Gasteiger partial charge on any atom is 0.289 e. The topological polar surface area (TPSA) is 432 Å². The van der Waals surface area contributed by atoms with Crippen molar-refractivity contribution in [3.8, 4) is 22.8 Å². The standard InChI is InChI=1S/C79H98N14O18S4/c1-3-5-7-9-11-13-15-17-19-38-78(94)84-56-62-40-44-66(80-54-62)68-46-42-64(58-82-68)60-88(114(108,109)76-36-27-23-32-72(76)92(100)101)52-50-86(112(104,105)74-34-25-21-30-70(74)90(96)97)48-29-49-87(113(106,107)75-35-26-22-31-71(75)91(98)99)51-53-89(115(110,111)77-37-28-24-33-73(77)93(102)103)61-65-43-47-69(83-59-65)67-45-41-63(55-81-67)57-85-79(95)39-20-18-16-14-12-10-8-6-4-2/h21-28,30-37,40-47,54-55,58-59H,3-20,29,38-39,48-53,56-57,60-61H2,1-2H3,(H,84,94)(H,85,95). The van der Waals surface area contributed by atoms with Gasteiger partial charge in [0.2, 0.25) is 51.9 Å². The molecular formula is C79H98N14O18S4. The number of unbranched alkanes of at least 4 members (excludes halogenated alkanes) is 16. The number of carbonyl (C=O) groups excluding carboxylic acids is 2. The minimum atomic E-state index is -5.20. The molecule has 0 aliphatic rings. The lowest BCUT2D eigenvalue weighted by Gasteiger charge is -2.29. The van der Waals surface area contributed by atoms with E-state index in [9.17, 15) is 50.0 Å². The molecule has 8 aromatic rings. The molecule has 2 N–H and O–H groups in total. The molecule has 32 nitrogen and oxygen atoms in total. The zero-order valence-electron chi connectivity index (χ0n) is 64.4. The van der Waals surface area contributed by atoms with Crippen LogP contribution in [-0.2, 0) is 75.9 Å². The highest BCUT2D eigenvalue weighted by molar-refractivity contribution is 7.90. The van der Waals surface area contributed by atoms with Crippen LogP contribution < -0.4 is 10.6 Å². The van der Waals surface area contributed by atoms with E-state index in [1.54, 1.807) is 36.7 Å². The van der Waals surface area contributed by atoms with Crippen molar-refractivity contribution in [1.82, 2.24) is 47.8 Å². The smallest absolute Gasteiger partial charge is 0.289 e. The first-order valence-electron chi connectivity index (χ1n) is 38.4. The number of nitro benzene ring substituents is 4. The molecular weight excluding hydrogens is 1560 g/mol. The second kappa shape index (κ2) is 44.5. The maximum absolute atomic E-state index is 15.2. The summed E-state index contributed by atoms with van der Waals surface area (Å²) in [6.45, 7) is -1.62. The minimum Gasteiger partial charge on any atom is -0.352 e. The normalized spacial score (nSPS) is 12.0. The molecule has 0 saturated carbocycles. The SMILES string of the molecule is CCCCCCCCCCCC(=O)NCc1ccc(-c2ccc(CN(CCN(CCCN(CCN(Cc3ccc(-c4ccc(CNC(=O)CCCCCCCCCCC)cn4)nc3)S(=O)(=O)c3ccccc3[N+](=O)[O-])S(=O)(=O)c3ccccc3[N+](=O)[O-])S(=O)(=O)c3ccccc3[N+](=O)[O-])S(=O)(=O)c3ccccc3[N+](=O)[O-])cn2)nc1. The summed E-state index contributed by atoms with van der Waals surface area (Å²) in [5.74, 6) is -0.176. The summed E-state index contributed by atoms with van der Waals surface area (Å²) in [4.78, 5) is 86.4. The van der Waals surface area contributed by atoms with Crippen molar-refractivity contribution in [3.05, 3.63) is 233 Å². The molecule has 0 bridgehead atoms. The Hall–Kier alpha value is -10.3. The predicted octanol–water partition coefficient (Wildman–Crippen LogP) is 14.2. The van der Waals surface area contributed by atoms with Crippen molar-refractivity contribution in [2.24, 2.45) is 0 Å². The zero-order valence-corrected chi connectivity index (χ0v) is 67.7. The van der Waals surface area contributed by atoms with E-state index in [1.807, 2.05) is 0 Å². The van der Waals surface area contributed by atoms with Gasteiger partial charge in [0, 0.05) is 127 Å². The molecule has 36 heteroatoms. The Bertz CT molecular complexity index is 4740. The van der Waals surface area contributed by atoms with Crippen molar-refractivity contribution in [2.75, 3.05) is 39.3 Å². The number of para-hydroxylation sites is 4. The van der Waals surface area contributed by atoms with Crippen LogP contribution in [0.3, 0.4) is 0 Å². The van der Waals surface area contributed by atoms with Crippen molar-refractivity contribution >= 4 is 74.7 Å². The van der Waals surface area contributed by atoms with Crippen LogP contribution in [0.5, 0.6) is 0 Å². The van der Waals surface area contributed by atoms with Crippen LogP contribution in [-0.4, -0.2) is 142 Å². The van der Waals surface area contributed by atoms with Crippen molar-refractivity contribution in [3.63, 3.8) is 0 Å². The summed E-state index contributed by atoms with van der Waals surface area (Å²) >= 11 is 0. The van der Waals surface area contributed by atoms with E-state index in [0.29, 0.717) is 55.4 Å². The number of aromatic nitrogens is 4. The predicted molar refractivity (Wildman–Crippen MR) is 432 cm³/mol. The van der Waals surface area contributed by atoms with E-state index in [4.69, 9.17) is 0 Å². The number of benzene rings is 4. The molecule has 0 aliphatic heterocycles. The molecule has 8 rings (SSSR count). The number of hydrogen-bond donors (Lipinski definition) is 2. The van der Waals surface area contributed by atoms with Crippen LogP contribution in [0, 0.1) is 40.5 Å². The Kier molecular flexibility index (Phi) is 34.9. The number of amides is 2. The fourth-order valence-corrected chi connectivity index (χ4v) is 19.3. The Morgan fingerprint density at radius 3 is 0.817 bits per heavy atom. The number of nitrogens with one attached hydrogen (secondary N) is 2. The molecule has 4 heterocycles. The number of nitrogens with zero attached hydrogens (tertiary/aromatic N) is 12. The Balaban J connectivity index is 1.05. The number of pyridine rings is 4. The molecule has 0 unspecified atom stereocenters. The van der Waals surface area contributed by atoms with Gasteiger partial charge in [-0.05, 0) is 90.0 Å². The lowest BCUT2D eigenvalue weighted by Crippen LogP contribution is -2.44.